The van der Waals surface area contributed by atoms with Gasteiger partial charge < -0.3 is 4.74 Å². The fourth-order valence-electron chi connectivity index (χ4n) is 7.31. The van der Waals surface area contributed by atoms with Crippen molar-refractivity contribution in [1.29, 1.82) is 5.26 Å². The average Bonchev–Trinajstić information content (AvgIpc) is 3.41. The number of aryl methyl sites for hydroxylation is 1. The van der Waals surface area contributed by atoms with Gasteiger partial charge in [0.05, 0.1) is 17.0 Å². The van der Waals surface area contributed by atoms with Gasteiger partial charge in [-0.15, -0.1) is 0 Å². The molecule has 5 nitrogen and oxygen atoms in total. The summed E-state index contributed by atoms with van der Waals surface area (Å²) in [5, 5.41) is 9.64. The molecular weight excluding hydrogens is 576 g/mol. The van der Waals surface area contributed by atoms with E-state index in [1.807, 2.05) is 67.6 Å². The first kappa shape index (κ1) is 27.0. The van der Waals surface area contributed by atoms with Crippen LogP contribution < -0.4 is 4.74 Å². The van der Waals surface area contributed by atoms with Gasteiger partial charge in [-0.1, -0.05) is 103 Å². The zero-order valence-electron chi connectivity index (χ0n) is 25.5. The molecule has 5 heteroatoms. The van der Waals surface area contributed by atoms with Crippen LogP contribution in [0.1, 0.15) is 33.6 Å². The highest BCUT2D eigenvalue weighted by molar-refractivity contribution is 5.91. The predicted molar refractivity (Wildman–Crippen MR) is 183 cm³/mol. The number of hydrogen-bond acceptors (Lipinski definition) is 5. The minimum atomic E-state index is -0.667. The molecule has 0 saturated carbocycles. The highest BCUT2D eigenvalue weighted by Crippen LogP contribution is 2.62. The summed E-state index contributed by atoms with van der Waals surface area (Å²) in [5.74, 6) is 3.60. The summed E-state index contributed by atoms with van der Waals surface area (Å²) < 4.78 is 6.57. The van der Waals surface area contributed by atoms with Crippen LogP contribution in [0.3, 0.4) is 0 Å². The van der Waals surface area contributed by atoms with Crippen LogP contribution in [-0.2, 0) is 5.41 Å². The summed E-state index contributed by atoms with van der Waals surface area (Å²) in [7, 11) is 0. The van der Waals surface area contributed by atoms with Crippen molar-refractivity contribution >= 4 is 0 Å². The van der Waals surface area contributed by atoms with Gasteiger partial charge in [0.15, 0.2) is 11.6 Å². The van der Waals surface area contributed by atoms with Crippen LogP contribution in [-0.4, -0.2) is 15.0 Å². The van der Waals surface area contributed by atoms with Gasteiger partial charge in [-0.05, 0) is 76.7 Å². The van der Waals surface area contributed by atoms with Crippen molar-refractivity contribution in [2.24, 2.45) is 0 Å². The number of rotatable bonds is 3. The summed E-state index contributed by atoms with van der Waals surface area (Å²) in [6, 6.07) is 50.1. The van der Waals surface area contributed by atoms with E-state index >= 15 is 0 Å². The molecule has 1 aliphatic heterocycles. The highest BCUT2D eigenvalue weighted by Gasteiger charge is 2.51. The van der Waals surface area contributed by atoms with Gasteiger partial charge in [-0.3, -0.25) is 0 Å². The zero-order valence-corrected chi connectivity index (χ0v) is 25.5. The fourth-order valence-corrected chi connectivity index (χ4v) is 7.31. The number of aromatic nitrogens is 3. The molecule has 1 aliphatic carbocycles. The maximum absolute atomic E-state index is 9.64. The molecule has 0 atom stereocenters. The molecule has 7 aromatic rings. The van der Waals surface area contributed by atoms with Crippen LogP contribution in [0.2, 0.25) is 0 Å². The topological polar surface area (TPSA) is 71.7 Å². The first-order valence-corrected chi connectivity index (χ1v) is 15.6. The second-order valence-corrected chi connectivity index (χ2v) is 12.0. The van der Waals surface area contributed by atoms with Crippen LogP contribution in [0.4, 0.5) is 0 Å². The Morgan fingerprint density at radius 1 is 0.511 bits per heavy atom. The number of para-hydroxylation sites is 2. The molecule has 0 bridgehead atoms. The molecule has 0 fully saturated rings. The van der Waals surface area contributed by atoms with E-state index in [0.29, 0.717) is 23.0 Å². The Bertz CT molecular complexity index is 2380. The molecule has 1 aromatic heterocycles. The minimum absolute atomic E-state index is 0.632. The molecule has 0 saturated heterocycles. The number of nitriles is 1. The maximum atomic E-state index is 9.64. The van der Waals surface area contributed by atoms with E-state index in [-0.39, 0.29) is 0 Å². The van der Waals surface area contributed by atoms with Gasteiger partial charge in [0, 0.05) is 22.3 Å². The number of nitrogens with zero attached hydrogens (tertiary/aromatic N) is 4. The second-order valence-electron chi connectivity index (χ2n) is 12.0. The molecular formula is C42H26N4O. The predicted octanol–water partition coefficient (Wildman–Crippen LogP) is 9.52. The number of benzene rings is 6. The van der Waals surface area contributed by atoms with Crippen molar-refractivity contribution in [2.45, 2.75) is 12.3 Å². The summed E-state index contributed by atoms with van der Waals surface area (Å²) in [6.45, 7) is 1.91. The lowest BCUT2D eigenvalue weighted by molar-refractivity contribution is 0.436. The number of hydrogen-bond donors (Lipinski definition) is 0. The standard InChI is InChI=1S/C42H26N4O/c1-26-44-40(28-11-3-2-4-12-28)46-41(45-26)31-19-21-33-32-20-18-30(29-13-9-10-27(22-29)25-43)23-36(32)42(37(33)24-31)34-14-5-7-16-38(34)47-39-17-8-6-15-35(39)42/h2-24H,1H3. The number of ether oxygens (including phenoxy) is 1. The van der Waals surface area contributed by atoms with Gasteiger partial charge in [-0.25, -0.2) is 15.0 Å². The fraction of sp³-hybridized carbons (Fsp3) is 0.0476. The smallest absolute Gasteiger partial charge is 0.163 e. The summed E-state index contributed by atoms with van der Waals surface area (Å²) in [4.78, 5) is 14.5. The van der Waals surface area contributed by atoms with Crippen molar-refractivity contribution < 1.29 is 4.74 Å². The Hall–Kier alpha value is -6.38. The molecule has 220 valence electrons. The highest BCUT2D eigenvalue weighted by atomic mass is 16.5. The Labute approximate surface area is 272 Å². The summed E-state index contributed by atoms with van der Waals surface area (Å²) in [6.07, 6.45) is 0. The molecule has 2 heterocycles. The molecule has 47 heavy (non-hydrogen) atoms. The van der Waals surface area contributed by atoms with Gasteiger partial charge in [0.2, 0.25) is 0 Å². The Kier molecular flexibility index (Phi) is 5.93. The van der Waals surface area contributed by atoms with E-state index < -0.39 is 5.41 Å². The lowest BCUT2D eigenvalue weighted by Gasteiger charge is -2.39. The summed E-state index contributed by atoms with van der Waals surface area (Å²) >= 11 is 0. The van der Waals surface area contributed by atoms with Crippen LogP contribution in [0.25, 0.3) is 45.0 Å². The molecule has 0 radical (unpaired) electrons. The quantitative estimate of drug-likeness (QED) is 0.201. The third-order valence-electron chi connectivity index (χ3n) is 9.30. The molecule has 0 unspecified atom stereocenters. The molecule has 0 N–H and O–H groups in total. The van der Waals surface area contributed by atoms with E-state index in [0.717, 1.165) is 61.6 Å². The lowest BCUT2D eigenvalue weighted by Crippen LogP contribution is -2.32. The van der Waals surface area contributed by atoms with E-state index in [1.165, 1.54) is 5.56 Å². The average molecular weight is 603 g/mol. The molecule has 6 aromatic carbocycles. The second kappa shape index (κ2) is 10.3. The van der Waals surface area contributed by atoms with Gasteiger partial charge >= 0.3 is 0 Å². The minimum Gasteiger partial charge on any atom is -0.457 e. The van der Waals surface area contributed by atoms with Crippen molar-refractivity contribution in [2.75, 3.05) is 0 Å². The van der Waals surface area contributed by atoms with E-state index in [1.54, 1.807) is 0 Å². The van der Waals surface area contributed by atoms with E-state index in [2.05, 4.69) is 89.9 Å². The molecule has 0 amide bonds. The van der Waals surface area contributed by atoms with E-state index in [9.17, 15) is 5.26 Å². The first-order chi connectivity index (χ1) is 23.1. The molecule has 2 aliphatic rings. The maximum Gasteiger partial charge on any atom is 0.163 e. The lowest BCUT2D eigenvalue weighted by atomic mass is 9.65. The Morgan fingerprint density at radius 2 is 1.06 bits per heavy atom. The van der Waals surface area contributed by atoms with Crippen molar-refractivity contribution in [3.05, 3.63) is 173 Å². The summed E-state index contributed by atoms with van der Waals surface area (Å²) in [5.41, 5.74) is 10.7. The monoisotopic (exact) mass is 602 g/mol. The van der Waals surface area contributed by atoms with Crippen LogP contribution >= 0.6 is 0 Å². The first-order valence-electron chi connectivity index (χ1n) is 15.6. The molecule has 1 spiro atoms. The van der Waals surface area contributed by atoms with E-state index in [4.69, 9.17) is 14.7 Å². The van der Waals surface area contributed by atoms with Crippen molar-refractivity contribution in [1.82, 2.24) is 15.0 Å². The SMILES string of the molecule is Cc1nc(-c2ccccc2)nc(-c2ccc3c(c2)C2(c4ccccc4Oc4ccccc42)c2cc(-c4cccc(C#N)c4)ccc2-3)n1. The zero-order chi connectivity index (χ0) is 31.5. The third kappa shape index (κ3) is 4.05. The largest absolute Gasteiger partial charge is 0.457 e. The van der Waals surface area contributed by atoms with Crippen molar-refractivity contribution in [3.8, 4) is 62.6 Å². The van der Waals surface area contributed by atoms with Crippen LogP contribution in [0, 0.1) is 18.3 Å². The van der Waals surface area contributed by atoms with Gasteiger partial charge in [0.25, 0.3) is 0 Å². The number of fused-ring (bicyclic) bond motifs is 9. The third-order valence-corrected chi connectivity index (χ3v) is 9.30. The Morgan fingerprint density at radius 3 is 1.74 bits per heavy atom. The molecule has 9 rings (SSSR count). The normalized spacial score (nSPS) is 13.1. The Balaban J connectivity index is 1.34. The van der Waals surface area contributed by atoms with Crippen LogP contribution in [0.5, 0.6) is 11.5 Å². The van der Waals surface area contributed by atoms with Gasteiger partial charge in [0.1, 0.15) is 17.3 Å². The van der Waals surface area contributed by atoms with Gasteiger partial charge in [-0.2, -0.15) is 5.26 Å². The van der Waals surface area contributed by atoms with Crippen molar-refractivity contribution in [3.63, 3.8) is 0 Å². The van der Waals surface area contributed by atoms with Crippen LogP contribution in [0.15, 0.2) is 140 Å².